The summed E-state index contributed by atoms with van der Waals surface area (Å²) in [7, 11) is 4.80. The summed E-state index contributed by atoms with van der Waals surface area (Å²) in [5, 5.41) is 11.0. The van der Waals surface area contributed by atoms with Gasteiger partial charge in [0.25, 0.3) is 5.56 Å². The van der Waals surface area contributed by atoms with Crippen molar-refractivity contribution in [1.82, 2.24) is 14.5 Å². The number of ether oxygens (including phenoxy) is 4. The van der Waals surface area contributed by atoms with Gasteiger partial charge in [-0.3, -0.25) is 19.5 Å². The van der Waals surface area contributed by atoms with Crippen molar-refractivity contribution in [3.8, 4) is 34.6 Å². The van der Waals surface area contributed by atoms with E-state index < -0.39 is 34.5 Å². The maximum Gasteiger partial charge on any atom is 0.335 e. The Morgan fingerprint density at radius 2 is 1.97 bits per heavy atom. The number of ketones is 1. The first-order chi connectivity index (χ1) is 17.3. The number of para-hydroxylation sites is 2. The van der Waals surface area contributed by atoms with Gasteiger partial charge in [-0.1, -0.05) is 12.1 Å². The summed E-state index contributed by atoms with van der Waals surface area (Å²) in [6.07, 6.45) is 0.550. The summed E-state index contributed by atoms with van der Waals surface area (Å²) in [4.78, 5) is 43.0. The molecule has 2 aliphatic rings. The van der Waals surface area contributed by atoms with Gasteiger partial charge in [0.2, 0.25) is 18.4 Å². The maximum absolute atomic E-state index is 13.5. The Morgan fingerprint density at radius 3 is 2.72 bits per heavy atom. The lowest BCUT2D eigenvalue weighted by Gasteiger charge is -2.35. The van der Waals surface area contributed by atoms with Crippen molar-refractivity contribution in [1.29, 1.82) is 0 Å². The number of rotatable bonds is 6. The Bertz CT molecular complexity index is 1480. The van der Waals surface area contributed by atoms with Crippen molar-refractivity contribution in [3.05, 3.63) is 67.9 Å². The van der Waals surface area contributed by atoms with Gasteiger partial charge in [0.05, 0.1) is 19.9 Å². The number of nitrogens with one attached hydrogen (secondary N) is 1. The molecule has 2 aliphatic heterocycles. The second-order valence-corrected chi connectivity index (χ2v) is 8.56. The molecule has 2 aromatic carbocycles. The summed E-state index contributed by atoms with van der Waals surface area (Å²) >= 11 is 0. The van der Waals surface area contributed by atoms with Crippen LogP contribution in [-0.2, 0) is 6.42 Å². The molecular formula is C25H25N3O8. The molecule has 2 N–H and O–H groups in total. The molecule has 3 aromatic rings. The number of Topliss-reactive ketones (excluding diaryl/α,β-unsaturated/α-hetero) is 1. The van der Waals surface area contributed by atoms with Crippen molar-refractivity contribution >= 4 is 5.78 Å². The molecule has 1 unspecified atom stereocenters. The second-order valence-electron chi connectivity index (χ2n) is 8.56. The third-order valence-electron chi connectivity index (χ3n) is 6.62. The van der Waals surface area contributed by atoms with E-state index in [9.17, 15) is 19.5 Å². The number of carbonyl (C=O) groups excluding carboxylic acids is 1. The Hall–Kier alpha value is -4.25. The number of benzene rings is 2. The van der Waals surface area contributed by atoms with Gasteiger partial charge in [0.1, 0.15) is 11.3 Å². The minimum absolute atomic E-state index is 0.0712. The average Bonchev–Trinajstić information content (AvgIpc) is 3.33. The molecular weight excluding hydrogens is 470 g/mol. The fourth-order valence-corrected chi connectivity index (χ4v) is 4.88. The van der Waals surface area contributed by atoms with E-state index in [0.717, 1.165) is 15.7 Å². The molecule has 188 valence electrons. The van der Waals surface area contributed by atoms with Crippen LogP contribution in [-0.4, -0.2) is 59.9 Å². The molecule has 5 rings (SSSR count). The highest BCUT2D eigenvalue weighted by molar-refractivity contribution is 5.98. The number of aromatic amines is 1. The number of hydrogen-bond donors (Lipinski definition) is 2. The number of aromatic hydroxyl groups is 1. The van der Waals surface area contributed by atoms with Gasteiger partial charge in [-0.25, -0.2) is 9.36 Å². The van der Waals surface area contributed by atoms with E-state index in [1.54, 1.807) is 18.2 Å². The Morgan fingerprint density at radius 1 is 1.19 bits per heavy atom. The number of fused-ring (bicyclic) bond motifs is 2. The maximum atomic E-state index is 13.5. The van der Waals surface area contributed by atoms with Crippen LogP contribution in [0.4, 0.5) is 0 Å². The lowest BCUT2D eigenvalue weighted by atomic mass is 9.87. The molecule has 0 saturated carbocycles. The predicted molar refractivity (Wildman–Crippen MR) is 128 cm³/mol. The van der Waals surface area contributed by atoms with E-state index in [0.29, 0.717) is 30.2 Å². The molecule has 36 heavy (non-hydrogen) atoms. The van der Waals surface area contributed by atoms with Crippen LogP contribution in [0, 0.1) is 0 Å². The molecule has 0 amide bonds. The van der Waals surface area contributed by atoms with E-state index >= 15 is 0 Å². The molecule has 1 aromatic heterocycles. The predicted octanol–water partition coefficient (Wildman–Crippen LogP) is 1.78. The van der Waals surface area contributed by atoms with E-state index in [1.807, 2.05) is 18.0 Å². The standard InChI is InChI=1S/C25H25N3O8/c1-27-9-8-13-10-18-21(36-12-35-18)22(34-3)19(13)15(27)11-16(29)20-23(30)26-25(32)28(24(20)31)14-6-4-5-7-17(14)33-2/h4-7,10,15,31H,8-9,11-12H2,1-3H3,(H,26,30,32). The lowest BCUT2D eigenvalue weighted by molar-refractivity contribution is 0.0920. The molecule has 0 fully saturated rings. The molecule has 0 spiro atoms. The van der Waals surface area contributed by atoms with Gasteiger partial charge in [0, 0.05) is 24.6 Å². The number of methoxy groups -OCH3 is 2. The number of likely N-dealkylation sites (N-methyl/N-ethyl adjacent to an activating group) is 1. The fourth-order valence-electron chi connectivity index (χ4n) is 4.88. The summed E-state index contributed by atoms with van der Waals surface area (Å²) < 4.78 is 22.9. The van der Waals surface area contributed by atoms with Gasteiger partial charge in [0.15, 0.2) is 17.3 Å². The highest BCUT2D eigenvalue weighted by Crippen LogP contribution is 2.50. The molecule has 11 nitrogen and oxygen atoms in total. The summed E-state index contributed by atoms with van der Waals surface area (Å²) in [6, 6.07) is 7.87. The van der Waals surface area contributed by atoms with Crippen molar-refractivity contribution in [3.63, 3.8) is 0 Å². The van der Waals surface area contributed by atoms with Crippen molar-refractivity contribution in [2.75, 3.05) is 34.6 Å². The second kappa shape index (κ2) is 9.08. The number of H-pyrrole nitrogens is 1. The first-order valence-electron chi connectivity index (χ1n) is 11.3. The number of carbonyl (C=O) groups is 1. The highest BCUT2D eigenvalue weighted by Gasteiger charge is 2.36. The third kappa shape index (κ3) is 3.68. The monoisotopic (exact) mass is 495 g/mol. The first kappa shape index (κ1) is 23.5. The van der Waals surface area contributed by atoms with Gasteiger partial charge < -0.3 is 24.1 Å². The van der Waals surface area contributed by atoms with Crippen molar-refractivity contribution in [2.24, 2.45) is 0 Å². The molecule has 0 aliphatic carbocycles. The van der Waals surface area contributed by atoms with Crippen LogP contribution in [0.1, 0.15) is 33.9 Å². The van der Waals surface area contributed by atoms with Crippen LogP contribution in [0.5, 0.6) is 28.9 Å². The molecule has 0 saturated heterocycles. The minimum Gasteiger partial charge on any atom is -0.495 e. The van der Waals surface area contributed by atoms with Crippen LogP contribution in [0.25, 0.3) is 5.69 Å². The summed E-state index contributed by atoms with van der Waals surface area (Å²) in [6.45, 7) is 0.721. The first-order valence-corrected chi connectivity index (χ1v) is 11.3. The molecule has 3 heterocycles. The normalized spacial score (nSPS) is 16.5. The van der Waals surface area contributed by atoms with Gasteiger partial charge in [-0.2, -0.15) is 0 Å². The van der Waals surface area contributed by atoms with Crippen molar-refractivity contribution in [2.45, 2.75) is 18.9 Å². The zero-order valence-corrected chi connectivity index (χ0v) is 20.0. The minimum atomic E-state index is -0.968. The number of nitrogens with zero attached hydrogens (tertiary/aromatic N) is 2. The van der Waals surface area contributed by atoms with Crippen LogP contribution < -0.4 is 30.2 Å². The molecule has 0 radical (unpaired) electrons. The van der Waals surface area contributed by atoms with Crippen molar-refractivity contribution < 1.29 is 28.8 Å². The smallest absolute Gasteiger partial charge is 0.335 e. The molecule has 1 atom stereocenters. The van der Waals surface area contributed by atoms with Gasteiger partial charge >= 0.3 is 5.69 Å². The van der Waals surface area contributed by atoms with Crippen LogP contribution in [0.2, 0.25) is 0 Å². The van der Waals surface area contributed by atoms with Crippen LogP contribution in [0.15, 0.2) is 39.9 Å². The topological polar surface area (TPSA) is 132 Å². The fraction of sp³-hybridized carbons (Fsp3) is 0.320. The van der Waals surface area contributed by atoms with E-state index in [2.05, 4.69) is 4.98 Å². The third-order valence-corrected chi connectivity index (χ3v) is 6.62. The molecule has 0 bridgehead atoms. The summed E-state index contributed by atoms with van der Waals surface area (Å²) in [5.41, 5.74) is -0.483. The SMILES string of the molecule is COc1ccccc1-n1c(O)c(C(=O)CC2c3c(cc4c(c3OC)OCO4)CCN2C)c(=O)[nH]c1=O. The van der Waals surface area contributed by atoms with E-state index in [-0.39, 0.29) is 24.7 Å². The zero-order chi connectivity index (χ0) is 25.6. The highest BCUT2D eigenvalue weighted by atomic mass is 16.7. The van der Waals surface area contributed by atoms with E-state index in [4.69, 9.17) is 18.9 Å². The number of aromatic nitrogens is 2. The molecule has 11 heteroatoms. The summed E-state index contributed by atoms with van der Waals surface area (Å²) in [5.74, 6) is 0.410. The van der Waals surface area contributed by atoms with Gasteiger partial charge in [-0.05, 0) is 37.2 Å². The van der Waals surface area contributed by atoms with Gasteiger partial charge in [-0.15, -0.1) is 0 Å². The zero-order valence-electron chi connectivity index (χ0n) is 20.0. The largest absolute Gasteiger partial charge is 0.495 e. The Kier molecular flexibility index (Phi) is 5.92. The quantitative estimate of drug-likeness (QED) is 0.491. The van der Waals surface area contributed by atoms with Crippen LogP contribution >= 0.6 is 0 Å². The number of hydrogen-bond acceptors (Lipinski definition) is 9. The Labute approximate surface area is 205 Å². The van der Waals surface area contributed by atoms with E-state index in [1.165, 1.54) is 20.3 Å². The average molecular weight is 495 g/mol. The Balaban J connectivity index is 1.59. The lowest BCUT2D eigenvalue weighted by Crippen LogP contribution is -2.36. The van der Waals surface area contributed by atoms with Crippen LogP contribution in [0.3, 0.4) is 0 Å².